The Morgan fingerprint density at radius 1 is 1.50 bits per heavy atom. The number of benzene rings is 1. The first-order valence-corrected chi connectivity index (χ1v) is 5.84. The van der Waals surface area contributed by atoms with Crippen LogP contribution >= 0.6 is 11.6 Å². The maximum absolute atomic E-state index is 13.2. The maximum atomic E-state index is 13.2. The highest BCUT2D eigenvalue weighted by atomic mass is 35.5. The van der Waals surface area contributed by atoms with Gasteiger partial charge < -0.3 is 5.11 Å². The highest BCUT2D eigenvalue weighted by Crippen LogP contribution is 2.24. The fourth-order valence-electron chi connectivity index (χ4n) is 2.12. The van der Waals surface area contributed by atoms with Crippen molar-refractivity contribution < 1.29 is 9.50 Å². The van der Waals surface area contributed by atoms with Crippen molar-refractivity contribution in [3.63, 3.8) is 0 Å². The van der Waals surface area contributed by atoms with Gasteiger partial charge in [-0.1, -0.05) is 23.7 Å². The van der Waals surface area contributed by atoms with E-state index in [9.17, 15) is 4.39 Å². The summed E-state index contributed by atoms with van der Waals surface area (Å²) < 4.78 is 13.2. The van der Waals surface area contributed by atoms with E-state index in [1.807, 2.05) is 6.07 Å². The van der Waals surface area contributed by atoms with E-state index in [0.717, 1.165) is 25.1 Å². The first kappa shape index (κ1) is 11.8. The zero-order chi connectivity index (χ0) is 11.5. The molecule has 0 bridgehead atoms. The fourth-order valence-corrected chi connectivity index (χ4v) is 2.30. The summed E-state index contributed by atoms with van der Waals surface area (Å²) in [6, 6.07) is 4.89. The predicted octanol–water partition coefficient (Wildman–Crippen LogP) is 2.29. The van der Waals surface area contributed by atoms with Gasteiger partial charge in [0, 0.05) is 19.7 Å². The summed E-state index contributed by atoms with van der Waals surface area (Å²) in [6.45, 7) is 2.70. The van der Waals surface area contributed by atoms with Crippen molar-refractivity contribution in [2.45, 2.75) is 13.0 Å². The topological polar surface area (TPSA) is 23.5 Å². The molecule has 1 aliphatic rings. The van der Waals surface area contributed by atoms with Gasteiger partial charge in [-0.3, -0.25) is 4.90 Å². The van der Waals surface area contributed by atoms with Crippen LogP contribution < -0.4 is 0 Å². The zero-order valence-corrected chi connectivity index (χ0v) is 9.75. The van der Waals surface area contributed by atoms with Gasteiger partial charge in [-0.25, -0.2) is 4.39 Å². The monoisotopic (exact) mass is 243 g/mol. The molecule has 1 aromatic carbocycles. The van der Waals surface area contributed by atoms with Crippen molar-refractivity contribution in [1.82, 2.24) is 4.90 Å². The van der Waals surface area contributed by atoms with Crippen molar-refractivity contribution in [2.24, 2.45) is 5.92 Å². The molecule has 0 radical (unpaired) electrons. The van der Waals surface area contributed by atoms with Crippen molar-refractivity contribution >= 4 is 11.6 Å². The van der Waals surface area contributed by atoms with Crippen molar-refractivity contribution in [2.75, 3.05) is 19.7 Å². The standard InChI is InChI=1S/C12H15ClFNO/c13-12-10(2-1-3-11(12)14)7-15-5-4-9(6-15)8-16/h1-3,9,16H,4-8H2. The fraction of sp³-hybridized carbons (Fsp3) is 0.500. The van der Waals surface area contributed by atoms with Gasteiger partial charge in [0.1, 0.15) is 5.82 Å². The van der Waals surface area contributed by atoms with Crippen molar-refractivity contribution in [1.29, 1.82) is 0 Å². The Hall–Kier alpha value is -0.640. The predicted molar refractivity (Wildman–Crippen MR) is 61.9 cm³/mol. The number of halogens is 2. The molecule has 1 fully saturated rings. The third-order valence-corrected chi connectivity index (χ3v) is 3.48. The molecule has 1 atom stereocenters. The van der Waals surface area contributed by atoms with Gasteiger partial charge in [0.15, 0.2) is 0 Å². The average Bonchev–Trinajstić information content (AvgIpc) is 2.73. The number of likely N-dealkylation sites (tertiary alicyclic amines) is 1. The summed E-state index contributed by atoms with van der Waals surface area (Å²) >= 11 is 5.89. The van der Waals surface area contributed by atoms with Crippen LogP contribution in [0.3, 0.4) is 0 Å². The Morgan fingerprint density at radius 2 is 2.31 bits per heavy atom. The molecule has 1 aliphatic heterocycles. The lowest BCUT2D eigenvalue weighted by molar-refractivity contribution is 0.220. The third kappa shape index (κ3) is 2.54. The van der Waals surface area contributed by atoms with Gasteiger partial charge in [-0.15, -0.1) is 0 Å². The first-order chi connectivity index (χ1) is 7.70. The molecule has 0 aliphatic carbocycles. The van der Waals surface area contributed by atoms with Crippen LogP contribution in [0.5, 0.6) is 0 Å². The Kier molecular flexibility index (Phi) is 3.79. The molecule has 4 heteroatoms. The Balaban J connectivity index is 2.02. The highest BCUT2D eigenvalue weighted by molar-refractivity contribution is 6.31. The minimum atomic E-state index is -0.364. The summed E-state index contributed by atoms with van der Waals surface area (Å²) in [5.41, 5.74) is 0.820. The molecule has 0 aromatic heterocycles. The third-order valence-electron chi connectivity index (χ3n) is 3.05. The molecule has 1 heterocycles. The molecular formula is C12H15ClFNO. The van der Waals surface area contributed by atoms with Crippen molar-refractivity contribution in [3.8, 4) is 0 Å². The van der Waals surface area contributed by atoms with E-state index in [0.29, 0.717) is 12.5 Å². The summed E-state index contributed by atoms with van der Waals surface area (Å²) in [4.78, 5) is 2.20. The normalized spacial score (nSPS) is 21.6. The van der Waals surface area contributed by atoms with E-state index in [-0.39, 0.29) is 17.4 Å². The van der Waals surface area contributed by atoms with E-state index < -0.39 is 0 Å². The lowest BCUT2D eigenvalue weighted by atomic mass is 10.1. The zero-order valence-electron chi connectivity index (χ0n) is 9.00. The van der Waals surface area contributed by atoms with Crippen LogP contribution in [0.4, 0.5) is 4.39 Å². The summed E-state index contributed by atoms with van der Waals surface area (Å²) in [6.07, 6.45) is 1.00. The second kappa shape index (κ2) is 5.13. The van der Waals surface area contributed by atoms with Crippen LogP contribution in [0, 0.1) is 11.7 Å². The molecule has 1 aromatic rings. The minimum Gasteiger partial charge on any atom is -0.396 e. The van der Waals surface area contributed by atoms with E-state index in [2.05, 4.69) is 4.90 Å². The second-order valence-corrected chi connectivity index (χ2v) is 4.66. The number of aliphatic hydroxyl groups excluding tert-OH is 1. The van der Waals surface area contributed by atoms with Crippen LogP contribution in [0.15, 0.2) is 18.2 Å². The average molecular weight is 244 g/mol. The molecular weight excluding hydrogens is 229 g/mol. The largest absolute Gasteiger partial charge is 0.396 e. The Morgan fingerprint density at radius 3 is 3.00 bits per heavy atom. The number of aliphatic hydroxyl groups is 1. The Bertz CT molecular complexity index is 372. The minimum absolute atomic E-state index is 0.218. The second-order valence-electron chi connectivity index (χ2n) is 4.29. The van der Waals surface area contributed by atoms with E-state index in [1.54, 1.807) is 6.07 Å². The molecule has 2 nitrogen and oxygen atoms in total. The summed E-state index contributed by atoms with van der Waals surface area (Å²) in [7, 11) is 0. The number of hydrogen-bond donors (Lipinski definition) is 1. The molecule has 0 spiro atoms. The molecule has 2 rings (SSSR count). The van der Waals surface area contributed by atoms with Gasteiger partial charge in [0.25, 0.3) is 0 Å². The molecule has 1 unspecified atom stereocenters. The smallest absolute Gasteiger partial charge is 0.142 e. The quantitative estimate of drug-likeness (QED) is 0.881. The Labute approximate surface area is 99.6 Å². The maximum Gasteiger partial charge on any atom is 0.142 e. The molecule has 1 N–H and O–H groups in total. The lowest BCUT2D eigenvalue weighted by Gasteiger charge is -2.16. The van der Waals surface area contributed by atoms with E-state index in [4.69, 9.17) is 16.7 Å². The van der Waals surface area contributed by atoms with Gasteiger partial charge in [0.2, 0.25) is 0 Å². The van der Waals surface area contributed by atoms with Gasteiger partial charge >= 0.3 is 0 Å². The van der Waals surface area contributed by atoms with Crippen LogP contribution in [0.1, 0.15) is 12.0 Å². The first-order valence-electron chi connectivity index (χ1n) is 5.47. The van der Waals surface area contributed by atoms with Crippen LogP contribution in [-0.4, -0.2) is 29.7 Å². The molecule has 0 saturated carbocycles. The SMILES string of the molecule is OCC1CCN(Cc2cccc(F)c2Cl)C1. The van der Waals surface area contributed by atoms with Crippen molar-refractivity contribution in [3.05, 3.63) is 34.6 Å². The van der Waals surface area contributed by atoms with Gasteiger partial charge in [0.05, 0.1) is 5.02 Å². The van der Waals surface area contributed by atoms with E-state index in [1.165, 1.54) is 6.07 Å². The molecule has 1 saturated heterocycles. The highest BCUT2D eigenvalue weighted by Gasteiger charge is 2.22. The number of nitrogens with zero attached hydrogens (tertiary/aromatic N) is 1. The van der Waals surface area contributed by atoms with Gasteiger partial charge in [-0.05, 0) is 30.5 Å². The van der Waals surface area contributed by atoms with Crippen LogP contribution in [0.25, 0.3) is 0 Å². The molecule has 88 valence electrons. The van der Waals surface area contributed by atoms with E-state index >= 15 is 0 Å². The van der Waals surface area contributed by atoms with Gasteiger partial charge in [-0.2, -0.15) is 0 Å². The van der Waals surface area contributed by atoms with Crippen LogP contribution in [0.2, 0.25) is 5.02 Å². The number of hydrogen-bond acceptors (Lipinski definition) is 2. The number of rotatable bonds is 3. The lowest BCUT2D eigenvalue weighted by Crippen LogP contribution is -2.21. The summed E-state index contributed by atoms with van der Waals surface area (Å²) in [5, 5.41) is 9.25. The molecule has 0 amide bonds. The van der Waals surface area contributed by atoms with Crippen LogP contribution in [-0.2, 0) is 6.54 Å². The molecule has 16 heavy (non-hydrogen) atoms. The summed E-state index contributed by atoms with van der Waals surface area (Å²) in [5.74, 6) is -0.00981.